The Bertz CT molecular complexity index is 864. The maximum absolute atomic E-state index is 12.3. The lowest BCUT2D eigenvalue weighted by molar-refractivity contribution is 0.0981. The van der Waals surface area contributed by atoms with Gasteiger partial charge >= 0.3 is 0 Å². The van der Waals surface area contributed by atoms with Crippen molar-refractivity contribution in [3.63, 3.8) is 0 Å². The number of thiocarbonyl (C=S) groups is 1. The molecule has 0 saturated heterocycles. The zero-order valence-electron chi connectivity index (χ0n) is 14.5. The summed E-state index contributed by atoms with van der Waals surface area (Å²) in [5, 5.41) is 6.51. The topological polar surface area (TPSA) is 87.3 Å². The van der Waals surface area contributed by atoms with Crippen molar-refractivity contribution in [1.82, 2.24) is 10.0 Å². The lowest BCUT2D eigenvalue weighted by atomic mass is 10.2. The summed E-state index contributed by atoms with van der Waals surface area (Å²) in [6.07, 6.45) is 0. The van der Waals surface area contributed by atoms with Crippen molar-refractivity contribution in [2.24, 2.45) is 5.92 Å². The molecule has 0 fully saturated rings. The fourth-order valence-electron chi connectivity index (χ4n) is 2.02. The number of hydrogen-bond donors (Lipinski definition) is 3. The van der Waals surface area contributed by atoms with E-state index in [-0.39, 0.29) is 10.5 Å². The number of anilines is 1. The van der Waals surface area contributed by atoms with Gasteiger partial charge in [0.15, 0.2) is 5.11 Å². The van der Waals surface area contributed by atoms with Crippen LogP contribution in [0.25, 0.3) is 0 Å². The number of sulfonamides is 1. The van der Waals surface area contributed by atoms with E-state index in [0.29, 0.717) is 16.7 Å². The minimum Gasteiger partial charge on any atom is -0.362 e. The molecule has 138 valence electrons. The van der Waals surface area contributed by atoms with Crippen LogP contribution in [0.3, 0.4) is 0 Å². The highest BCUT2D eigenvalue weighted by molar-refractivity contribution is 7.90. The first-order chi connectivity index (χ1) is 12.3. The summed E-state index contributed by atoms with van der Waals surface area (Å²) in [5.74, 6) is -0.220. The van der Waals surface area contributed by atoms with Crippen LogP contribution in [-0.4, -0.2) is 26.0 Å². The minimum atomic E-state index is -3.95. The predicted octanol–water partition coefficient (Wildman–Crippen LogP) is 2.75. The third kappa shape index (κ3) is 5.82. The first-order valence-electron chi connectivity index (χ1n) is 8.05. The zero-order valence-corrected chi connectivity index (χ0v) is 16.2. The van der Waals surface area contributed by atoms with Crippen LogP contribution in [-0.2, 0) is 10.0 Å². The smallest absolute Gasteiger partial charge is 0.264 e. The lowest BCUT2D eigenvalue weighted by Crippen LogP contribution is -2.31. The lowest BCUT2D eigenvalue weighted by Gasteiger charge is -2.12. The van der Waals surface area contributed by atoms with Crippen LogP contribution >= 0.6 is 12.2 Å². The summed E-state index contributed by atoms with van der Waals surface area (Å²) in [5.41, 5.74) is 0.926. The van der Waals surface area contributed by atoms with E-state index in [1.807, 2.05) is 0 Å². The molecule has 0 aliphatic carbocycles. The Morgan fingerprint density at radius 1 is 1.04 bits per heavy atom. The van der Waals surface area contributed by atoms with E-state index < -0.39 is 15.9 Å². The number of nitrogens with one attached hydrogen (secondary N) is 3. The van der Waals surface area contributed by atoms with Gasteiger partial charge in [-0.1, -0.05) is 32.0 Å². The average Bonchev–Trinajstić information content (AvgIpc) is 2.61. The van der Waals surface area contributed by atoms with Crippen molar-refractivity contribution >= 4 is 38.9 Å². The molecule has 6 nitrogen and oxygen atoms in total. The Balaban J connectivity index is 2.02. The molecule has 0 heterocycles. The normalized spacial score (nSPS) is 11.0. The molecule has 0 saturated carbocycles. The van der Waals surface area contributed by atoms with E-state index in [4.69, 9.17) is 12.2 Å². The summed E-state index contributed by atoms with van der Waals surface area (Å²) in [6.45, 7) is 4.88. The Morgan fingerprint density at radius 2 is 1.65 bits per heavy atom. The molecule has 1 amide bonds. The monoisotopic (exact) mass is 391 g/mol. The molecule has 0 aliphatic heterocycles. The highest BCUT2D eigenvalue weighted by atomic mass is 32.2. The van der Waals surface area contributed by atoms with E-state index in [9.17, 15) is 13.2 Å². The number of hydrogen-bond acceptors (Lipinski definition) is 4. The number of rotatable bonds is 6. The van der Waals surface area contributed by atoms with Crippen molar-refractivity contribution in [2.45, 2.75) is 18.7 Å². The van der Waals surface area contributed by atoms with E-state index in [1.165, 1.54) is 12.1 Å². The van der Waals surface area contributed by atoms with Gasteiger partial charge in [0.2, 0.25) is 0 Å². The van der Waals surface area contributed by atoms with Gasteiger partial charge in [0.25, 0.3) is 15.9 Å². The van der Waals surface area contributed by atoms with Gasteiger partial charge in [-0.2, -0.15) is 0 Å². The predicted molar refractivity (Wildman–Crippen MR) is 107 cm³/mol. The fraction of sp³-hybridized carbons (Fsp3) is 0.222. The first kappa shape index (κ1) is 19.9. The second-order valence-electron chi connectivity index (χ2n) is 6.05. The molecule has 0 spiro atoms. The maximum atomic E-state index is 12.3. The highest BCUT2D eigenvalue weighted by Gasteiger charge is 2.18. The summed E-state index contributed by atoms with van der Waals surface area (Å²) in [6, 6.07) is 14.2. The Kier molecular flexibility index (Phi) is 6.70. The molecule has 0 aliphatic rings. The second-order valence-corrected chi connectivity index (χ2v) is 8.14. The van der Waals surface area contributed by atoms with Crippen molar-refractivity contribution in [1.29, 1.82) is 0 Å². The van der Waals surface area contributed by atoms with Gasteiger partial charge in [-0.3, -0.25) is 4.79 Å². The standard InChI is InChI=1S/C18H21N3O3S2/c1-13(2)12-19-18(25)20-15-8-10-16(11-9-15)26(23,24)21-17(22)14-6-4-3-5-7-14/h3-11,13H,12H2,1-2H3,(H,21,22)(H2,19,20,25). The maximum Gasteiger partial charge on any atom is 0.264 e. The van der Waals surface area contributed by atoms with Crippen LogP contribution < -0.4 is 15.4 Å². The third-order valence-electron chi connectivity index (χ3n) is 3.36. The van der Waals surface area contributed by atoms with E-state index in [0.717, 1.165) is 6.54 Å². The second kappa shape index (κ2) is 8.77. The minimum absolute atomic E-state index is 0.00612. The molecule has 2 rings (SSSR count). The van der Waals surface area contributed by atoms with Crippen molar-refractivity contribution in [3.8, 4) is 0 Å². The summed E-state index contributed by atoms with van der Waals surface area (Å²) in [7, 11) is -3.95. The van der Waals surface area contributed by atoms with Crippen LogP contribution in [0.15, 0.2) is 59.5 Å². The van der Waals surface area contributed by atoms with Gasteiger partial charge in [0, 0.05) is 17.8 Å². The number of carbonyl (C=O) groups is 1. The Labute approximate surface area is 159 Å². The molecule has 0 bridgehead atoms. The van der Waals surface area contributed by atoms with Gasteiger partial charge in [-0.15, -0.1) is 0 Å². The highest BCUT2D eigenvalue weighted by Crippen LogP contribution is 2.14. The van der Waals surface area contributed by atoms with Crippen LogP contribution in [0.2, 0.25) is 0 Å². The molecular formula is C18H21N3O3S2. The molecular weight excluding hydrogens is 370 g/mol. The molecule has 3 N–H and O–H groups in total. The molecule has 0 radical (unpaired) electrons. The van der Waals surface area contributed by atoms with E-state index in [2.05, 4.69) is 29.2 Å². The molecule has 26 heavy (non-hydrogen) atoms. The van der Waals surface area contributed by atoms with Crippen molar-refractivity contribution in [3.05, 3.63) is 60.2 Å². The van der Waals surface area contributed by atoms with Gasteiger partial charge in [0.1, 0.15) is 0 Å². The Morgan fingerprint density at radius 3 is 2.23 bits per heavy atom. The average molecular weight is 392 g/mol. The SMILES string of the molecule is CC(C)CNC(=S)Nc1ccc(S(=O)(=O)NC(=O)c2ccccc2)cc1. The number of benzene rings is 2. The van der Waals surface area contributed by atoms with Crippen LogP contribution in [0, 0.1) is 5.92 Å². The molecule has 2 aromatic rings. The van der Waals surface area contributed by atoms with Gasteiger partial charge < -0.3 is 10.6 Å². The van der Waals surface area contributed by atoms with Crippen molar-refractivity contribution < 1.29 is 13.2 Å². The number of amides is 1. The number of carbonyl (C=O) groups excluding carboxylic acids is 1. The van der Waals surface area contributed by atoms with Gasteiger partial charge in [0.05, 0.1) is 4.90 Å². The van der Waals surface area contributed by atoms with Crippen LogP contribution in [0.5, 0.6) is 0 Å². The molecule has 2 aromatic carbocycles. The van der Waals surface area contributed by atoms with Crippen molar-refractivity contribution in [2.75, 3.05) is 11.9 Å². The first-order valence-corrected chi connectivity index (χ1v) is 9.94. The van der Waals surface area contributed by atoms with Gasteiger partial charge in [-0.25, -0.2) is 13.1 Å². The van der Waals surface area contributed by atoms with E-state index >= 15 is 0 Å². The molecule has 0 atom stereocenters. The van der Waals surface area contributed by atoms with Crippen LogP contribution in [0.4, 0.5) is 5.69 Å². The summed E-state index contributed by atoms with van der Waals surface area (Å²) < 4.78 is 26.7. The van der Waals surface area contributed by atoms with E-state index in [1.54, 1.807) is 42.5 Å². The fourth-order valence-corrected chi connectivity index (χ4v) is 3.19. The molecule has 0 unspecified atom stereocenters. The third-order valence-corrected chi connectivity index (χ3v) is 4.95. The Hall–Kier alpha value is -2.45. The largest absolute Gasteiger partial charge is 0.362 e. The van der Waals surface area contributed by atoms with Gasteiger partial charge in [-0.05, 0) is 54.5 Å². The summed E-state index contributed by atoms with van der Waals surface area (Å²) >= 11 is 5.17. The summed E-state index contributed by atoms with van der Waals surface area (Å²) in [4.78, 5) is 12.0. The van der Waals surface area contributed by atoms with Crippen LogP contribution in [0.1, 0.15) is 24.2 Å². The molecule has 8 heteroatoms. The quantitative estimate of drug-likeness (QED) is 0.657. The molecule has 0 aromatic heterocycles. The zero-order chi connectivity index (χ0) is 19.2.